The molecule has 1 aromatic carbocycles. The van der Waals surface area contributed by atoms with Crippen LogP contribution in [-0.2, 0) is 13.2 Å². The van der Waals surface area contributed by atoms with Gasteiger partial charge in [-0.15, -0.1) is 0 Å². The molecule has 1 heterocycles. The lowest BCUT2D eigenvalue weighted by atomic mass is 10.2. The predicted octanol–water partition coefficient (Wildman–Crippen LogP) is 4.74. The van der Waals surface area contributed by atoms with E-state index in [4.69, 9.17) is 9.15 Å². The Bertz CT molecular complexity index is 592. The highest BCUT2D eigenvalue weighted by atomic mass is 79.9. The van der Waals surface area contributed by atoms with Crippen molar-refractivity contribution in [3.05, 3.63) is 51.4 Å². The maximum Gasteiger partial charge on any atom is 0.134 e. The molecule has 0 atom stereocenters. The van der Waals surface area contributed by atoms with Crippen LogP contribution in [0.5, 0.6) is 5.75 Å². The van der Waals surface area contributed by atoms with Gasteiger partial charge in [0.1, 0.15) is 23.9 Å². The van der Waals surface area contributed by atoms with E-state index in [1.54, 1.807) is 0 Å². The quantitative estimate of drug-likeness (QED) is 0.731. The standard InChI is InChI=1S/C17H22BrNO2/c1-4-7-19-10-15-9-14(13(3)21-15)11-20-17-6-5-12(2)8-16(17)18/h5-6,8-9,19H,4,7,10-11H2,1-3H3. The van der Waals surface area contributed by atoms with Crippen LogP contribution < -0.4 is 10.1 Å². The van der Waals surface area contributed by atoms with Gasteiger partial charge in [0.2, 0.25) is 0 Å². The fourth-order valence-electron chi connectivity index (χ4n) is 2.08. The van der Waals surface area contributed by atoms with Crippen molar-refractivity contribution < 1.29 is 9.15 Å². The summed E-state index contributed by atoms with van der Waals surface area (Å²) in [7, 11) is 0. The summed E-state index contributed by atoms with van der Waals surface area (Å²) in [4.78, 5) is 0. The van der Waals surface area contributed by atoms with Crippen LogP contribution in [0.2, 0.25) is 0 Å². The molecule has 0 aliphatic rings. The fraction of sp³-hybridized carbons (Fsp3) is 0.412. The van der Waals surface area contributed by atoms with Crippen molar-refractivity contribution in [1.82, 2.24) is 5.32 Å². The first-order chi connectivity index (χ1) is 10.1. The number of rotatable bonds is 7. The van der Waals surface area contributed by atoms with Crippen LogP contribution in [0.1, 0.15) is 36.0 Å². The van der Waals surface area contributed by atoms with Crippen LogP contribution >= 0.6 is 15.9 Å². The lowest BCUT2D eigenvalue weighted by molar-refractivity contribution is 0.301. The molecule has 0 aliphatic carbocycles. The SMILES string of the molecule is CCCNCc1cc(COc2ccc(C)cc2Br)c(C)o1. The number of furan rings is 1. The van der Waals surface area contributed by atoms with Crippen molar-refractivity contribution in [3.8, 4) is 5.75 Å². The van der Waals surface area contributed by atoms with E-state index in [1.807, 2.05) is 19.1 Å². The summed E-state index contributed by atoms with van der Waals surface area (Å²) < 4.78 is 12.6. The van der Waals surface area contributed by atoms with E-state index in [2.05, 4.69) is 47.2 Å². The van der Waals surface area contributed by atoms with Gasteiger partial charge in [0.25, 0.3) is 0 Å². The Morgan fingerprint density at radius 2 is 2.05 bits per heavy atom. The van der Waals surface area contributed by atoms with Crippen LogP contribution in [0, 0.1) is 13.8 Å². The maximum atomic E-state index is 5.87. The van der Waals surface area contributed by atoms with Crippen molar-refractivity contribution in [3.63, 3.8) is 0 Å². The minimum atomic E-state index is 0.519. The smallest absolute Gasteiger partial charge is 0.134 e. The monoisotopic (exact) mass is 351 g/mol. The Morgan fingerprint density at radius 1 is 1.24 bits per heavy atom. The number of nitrogens with one attached hydrogen (secondary N) is 1. The van der Waals surface area contributed by atoms with Crippen LogP contribution in [0.4, 0.5) is 0 Å². The molecule has 0 unspecified atom stereocenters. The zero-order chi connectivity index (χ0) is 15.2. The molecule has 1 N–H and O–H groups in total. The van der Waals surface area contributed by atoms with Gasteiger partial charge in [0.15, 0.2) is 0 Å². The van der Waals surface area contributed by atoms with Gasteiger partial charge in [-0.2, -0.15) is 0 Å². The van der Waals surface area contributed by atoms with E-state index in [1.165, 1.54) is 5.56 Å². The van der Waals surface area contributed by atoms with Crippen LogP contribution in [0.15, 0.2) is 33.2 Å². The predicted molar refractivity (Wildman–Crippen MR) is 88.7 cm³/mol. The molecular formula is C17H22BrNO2. The van der Waals surface area contributed by atoms with Gasteiger partial charge >= 0.3 is 0 Å². The molecule has 1 aromatic heterocycles. The molecule has 2 rings (SSSR count). The third-order valence-corrected chi connectivity index (χ3v) is 3.89. The highest BCUT2D eigenvalue weighted by Gasteiger charge is 2.09. The van der Waals surface area contributed by atoms with Crippen molar-refractivity contribution in [2.75, 3.05) is 6.54 Å². The second-order valence-corrected chi connectivity index (χ2v) is 6.05. The third-order valence-electron chi connectivity index (χ3n) is 3.27. The minimum Gasteiger partial charge on any atom is -0.488 e. The molecule has 3 nitrogen and oxygen atoms in total. The van der Waals surface area contributed by atoms with Crippen LogP contribution in [0.25, 0.3) is 0 Å². The molecule has 0 aliphatic heterocycles. The highest BCUT2D eigenvalue weighted by Crippen LogP contribution is 2.27. The summed E-state index contributed by atoms with van der Waals surface area (Å²) >= 11 is 3.53. The summed E-state index contributed by atoms with van der Waals surface area (Å²) in [6.45, 7) is 8.48. The van der Waals surface area contributed by atoms with E-state index in [0.717, 1.165) is 46.8 Å². The highest BCUT2D eigenvalue weighted by molar-refractivity contribution is 9.10. The number of halogens is 1. The van der Waals surface area contributed by atoms with Crippen LogP contribution in [-0.4, -0.2) is 6.54 Å². The second kappa shape index (κ2) is 7.66. The first-order valence-corrected chi connectivity index (χ1v) is 8.07. The van der Waals surface area contributed by atoms with E-state index in [-0.39, 0.29) is 0 Å². The normalized spacial score (nSPS) is 10.9. The van der Waals surface area contributed by atoms with E-state index in [0.29, 0.717) is 6.61 Å². The molecule has 0 amide bonds. The van der Waals surface area contributed by atoms with Crippen molar-refractivity contribution >= 4 is 15.9 Å². The van der Waals surface area contributed by atoms with E-state index in [9.17, 15) is 0 Å². The lowest BCUT2D eigenvalue weighted by Crippen LogP contribution is -2.13. The Hall–Kier alpha value is -1.26. The summed E-state index contributed by atoms with van der Waals surface area (Å²) in [6, 6.07) is 8.15. The number of aryl methyl sites for hydroxylation is 2. The first-order valence-electron chi connectivity index (χ1n) is 7.28. The molecule has 4 heteroatoms. The van der Waals surface area contributed by atoms with Crippen LogP contribution in [0.3, 0.4) is 0 Å². The van der Waals surface area contributed by atoms with Gasteiger partial charge in [-0.3, -0.25) is 0 Å². The molecule has 0 fully saturated rings. The van der Waals surface area contributed by atoms with Gasteiger partial charge in [-0.05, 0) is 66.5 Å². The summed E-state index contributed by atoms with van der Waals surface area (Å²) in [5, 5.41) is 3.34. The molecule has 21 heavy (non-hydrogen) atoms. The van der Waals surface area contributed by atoms with Crippen molar-refractivity contribution in [1.29, 1.82) is 0 Å². The van der Waals surface area contributed by atoms with Gasteiger partial charge in [0.05, 0.1) is 11.0 Å². The lowest BCUT2D eigenvalue weighted by Gasteiger charge is -2.08. The summed E-state index contributed by atoms with van der Waals surface area (Å²) in [5.41, 5.74) is 2.30. The molecule has 0 spiro atoms. The fourth-order valence-corrected chi connectivity index (χ4v) is 2.69. The minimum absolute atomic E-state index is 0.519. The Morgan fingerprint density at radius 3 is 2.76 bits per heavy atom. The number of hydrogen-bond acceptors (Lipinski definition) is 3. The second-order valence-electron chi connectivity index (χ2n) is 5.19. The van der Waals surface area contributed by atoms with Gasteiger partial charge in [-0.25, -0.2) is 0 Å². The largest absolute Gasteiger partial charge is 0.488 e. The van der Waals surface area contributed by atoms with Crippen molar-refractivity contribution in [2.45, 2.75) is 40.3 Å². The molecule has 114 valence electrons. The Balaban J connectivity index is 1.96. The van der Waals surface area contributed by atoms with E-state index < -0.39 is 0 Å². The molecule has 0 saturated heterocycles. The van der Waals surface area contributed by atoms with Gasteiger partial charge < -0.3 is 14.5 Å². The van der Waals surface area contributed by atoms with Gasteiger partial charge in [0, 0.05) is 5.56 Å². The zero-order valence-corrected chi connectivity index (χ0v) is 14.4. The summed E-state index contributed by atoms with van der Waals surface area (Å²) in [6.07, 6.45) is 1.12. The molecule has 0 saturated carbocycles. The van der Waals surface area contributed by atoms with Gasteiger partial charge in [-0.1, -0.05) is 13.0 Å². The number of ether oxygens (including phenoxy) is 1. The number of benzene rings is 1. The average Bonchev–Trinajstić information content (AvgIpc) is 2.79. The zero-order valence-electron chi connectivity index (χ0n) is 12.8. The Kier molecular flexibility index (Phi) is 5.88. The third kappa shape index (κ3) is 4.61. The number of hydrogen-bond donors (Lipinski definition) is 1. The molecule has 0 radical (unpaired) electrons. The van der Waals surface area contributed by atoms with Crippen molar-refractivity contribution in [2.24, 2.45) is 0 Å². The first kappa shape index (κ1) is 16.1. The van der Waals surface area contributed by atoms with E-state index >= 15 is 0 Å². The topological polar surface area (TPSA) is 34.4 Å². The molecule has 2 aromatic rings. The summed E-state index contributed by atoms with van der Waals surface area (Å²) in [5.74, 6) is 2.74. The maximum absolute atomic E-state index is 5.87. The molecule has 0 bridgehead atoms. The average molecular weight is 352 g/mol. The Labute approximate surface area is 134 Å². The molecular weight excluding hydrogens is 330 g/mol.